The first-order valence-corrected chi connectivity index (χ1v) is 5.05. The molecule has 7 heteroatoms. The Morgan fingerprint density at radius 2 is 2.56 bits per heavy atom. The van der Waals surface area contributed by atoms with E-state index in [0.717, 1.165) is 6.20 Å². The fraction of sp³-hybridized carbons (Fsp3) is 0.444. The molecule has 0 atom stereocenters. The number of rotatable bonds is 3. The van der Waals surface area contributed by atoms with E-state index in [4.69, 9.17) is 21.6 Å². The molecule has 0 radical (unpaired) electrons. The summed E-state index contributed by atoms with van der Waals surface area (Å²) < 4.78 is 22.5. The van der Waals surface area contributed by atoms with Crippen LogP contribution in [0.15, 0.2) is 6.20 Å². The van der Waals surface area contributed by atoms with Crippen molar-refractivity contribution in [2.75, 3.05) is 17.3 Å². The minimum Gasteiger partial charge on any atom is -0.311 e. The number of nitrogens with two attached hydrogens (primary N) is 1. The highest BCUT2D eigenvalue weighted by molar-refractivity contribution is 6.28. The number of nitrogens with zero attached hydrogens (tertiary/aromatic N) is 3. The lowest BCUT2D eigenvalue weighted by atomic mass is 10.3. The molecular weight excluding hydrogens is 230 g/mol. The highest BCUT2D eigenvalue weighted by Crippen LogP contribution is 2.33. The van der Waals surface area contributed by atoms with Gasteiger partial charge in [0, 0.05) is 17.0 Å². The van der Waals surface area contributed by atoms with E-state index in [0.29, 0.717) is 17.7 Å². The molecule has 0 saturated heterocycles. The summed E-state index contributed by atoms with van der Waals surface area (Å²) in [6.45, 7) is -2.64. The molecule has 1 aromatic heterocycles. The van der Waals surface area contributed by atoms with Crippen molar-refractivity contribution in [1.82, 2.24) is 9.97 Å². The van der Waals surface area contributed by atoms with Crippen molar-refractivity contribution in [1.29, 1.82) is 0 Å². The normalized spacial score (nSPS) is 18.2. The lowest BCUT2D eigenvalue weighted by Gasteiger charge is -2.18. The number of hydrazine groups is 1. The molecule has 0 aromatic carbocycles. The van der Waals surface area contributed by atoms with Gasteiger partial charge in [-0.25, -0.2) is 10.8 Å². The van der Waals surface area contributed by atoms with Gasteiger partial charge in [0.2, 0.25) is 11.2 Å². The number of hydrogen-bond donors (Lipinski definition) is 2. The standard InChI is InChI=1S/C9H12ClN5O/c1-15(8(16)5-2-3-5)6-4-12-9(10)13-7(6)14-11/h4-5H,2-3,11H2,1H3,(H,12,13,14)/i1D3. The summed E-state index contributed by atoms with van der Waals surface area (Å²) >= 11 is 5.61. The predicted molar refractivity (Wildman–Crippen MR) is 61.0 cm³/mol. The van der Waals surface area contributed by atoms with Crippen LogP contribution in [-0.2, 0) is 4.79 Å². The summed E-state index contributed by atoms with van der Waals surface area (Å²) in [6, 6.07) is 0. The average molecular weight is 245 g/mol. The van der Waals surface area contributed by atoms with Gasteiger partial charge in [-0.05, 0) is 24.4 Å². The van der Waals surface area contributed by atoms with Crippen molar-refractivity contribution in [3.63, 3.8) is 0 Å². The zero-order chi connectivity index (χ0) is 14.2. The van der Waals surface area contributed by atoms with E-state index in [1.807, 2.05) is 0 Å². The predicted octanol–water partition coefficient (Wildman–Crippen LogP) is 0.788. The maximum absolute atomic E-state index is 12.1. The minimum absolute atomic E-state index is 0.00914. The number of nitrogens with one attached hydrogen (secondary N) is 1. The van der Waals surface area contributed by atoms with Crippen LogP contribution in [0.2, 0.25) is 5.28 Å². The molecule has 3 N–H and O–H groups in total. The average Bonchev–Trinajstić information content (AvgIpc) is 3.13. The number of carbonyl (C=O) groups is 1. The van der Waals surface area contributed by atoms with Gasteiger partial charge in [-0.1, -0.05) is 0 Å². The van der Waals surface area contributed by atoms with E-state index in [1.54, 1.807) is 0 Å². The molecule has 2 rings (SSSR count). The zero-order valence-electron chi connectivity index (χ0n) is 11.3. The number of aromatic nitrogens is 2. The van der Waals surface area contributed by atoms with E-state index in [2.05, 4.69) is 15.4 Å². The first kappa shape index (κ1) is 7.81. The lowest BCUT2D eigenvalue weighted by Crippen LogP contribution is -2.29. The molecule has 6 nitrogen and oxygen atoms in total. The SMILES string of the molecule is [2H]C([2H])([2H])N(C(=O)C1CC1)c1cnc(Cl)nc1NN. The Labute approximate surface area is 102 Å². The van der Waals surface area contributed by atoms with E-state index >= 15 is 0 Å². The number of amides is 1. The van der Waals surface area contributed by atoms with Crippen molar-refractivity contribution < 1.29 is 8.91 Å². The third-order valence-electron chi connectivity index (χ3n) is 2.26. The lowest BCUT2D eigenvalue weighted by molar-refractivity contribution is -0.119. The smallest absolute Gasteiger partial charge is 0.229 e. The first-order chi connectivity index (χ1) is 8.84. The summed E-state index contributed by atoms with van der Waals surface area (Å²) in [4.78, 5) is 20.3. The summed E-state index contributed by atoms with van der Waals surface area (Å²) in [5, 5.41) is -0.0962. The van der Waals surface area contributed by atoms with Crippen molar-refractivity contribution >= 4 is 29.0 Å². The Balaban J connectivity index is 2.46. The molecule has 1 saturated carbocycles. The number of carbonyl (C=O) groups excluding carboxylic acids is 1. The molecule has 1 aliphatic carbocycles. The molecule has 0 aliphatic heterocycles. The van der Waals surface area contributed by atoms with E-state index in [-0.39, 0.29) is 22.7 Å². The maximum atomic E-state index is 12.1. The number of hydrogen-bond acceptors (Lipinski definition) is 5. The molecule has 0 unspecified atom stereocenters. The van der Waals surface area contributed by atoms with Gasteiger partial charge in [-0.15, -0.1) is 0 Å². The monoisotopic (exact) mass is 244 g/mol. The van der Waals surface area contributed by atoms with Crippen LogP contribution in [0.1, 0.15) is 17.0 Å². The van der Waals surface area contributed by atoms with Crippen LogP contribution in [0, 0.1) is 5.92 Å². The molecule has 1 aromatic rings. The Kier molecular flexibility index (Phi) is 2.06. The van der Waals surface area contributed by atoms with Gasteiger partial charge in [0.15, 0.2) is 5.82 Å². The quantitative estimate of drug-likeness (QED) is 0.467. The Morgan fingerprint density at radius 1 is 1.81 bits per heavy atom. The van der Waals surface area contributed by atoms with E-state index in [9.17, 15) is 4.79 Å². The van der Waals surface area contributed by atoms with Crippen molar-refractivity contribution in [2.45, 2.75) is 12.8 Å². The molecule has 1 amide bonds. The van der Waals surface area contributed by atoms with Crippen molar-refractivity contribution in [3.05, 3.63) is 11.5 Å². The van der Waals surface area contributed by atoms with Crippen LogP contribution in [0.25, 0.3) is 0 Å². The van der Waals surface area contributed by atoms with Crippen LogP contribution < -0.4 is 16.2 Å². The molecule has 1 aliphatic rings. The van der Waals surface area contributed by atoms with Gasteiger partial charge in [0.25, 0.3) is 0 Å². The molecular formula is C9H12ClN5O. The molecule has 1 fully saturated rings. The summed E-state index contributed by atoms with van der Waals surface area (Å²) in [7, 11) is 0. The zero-order valence-corrected chi connectivity index (χ0v) is 9.03. The second-order valence-corrected chi connectivity index (χ2v) is 3.80. The van der Waals surface area contributed by atoms with Crippen LogP contribution in [0.3, 0.4) is 0 Å². The molecule has 0 bridgehead atoms. The maximum Gasteiger partial charge on any atom is 0.229 e. The second-order valence-electron chi connectivity index (χ2n) is 3.47. The highest BCUT2D eigenvalue weighted by atomic mass is 35.5. The van der Waals surface area contributed by atoms with E-state index in [1.165, 1.54) is 0 Å². The van der Waals surface area contributed by atoms with Gasteiger partial charge in [-0.3, -0.25) is 4.79 Å². The molecule has 86 valence electrons. The van der Waals surface area contributed by atoms with Crippen LogP contribution in [0.5, 0.6) is 0 Å². The van der Waals surface area contributed by atoms with Gasteiger partial charge in [0.05, 0.1) is 6.20 Å². The number of halogens is 1. The van der Waals surface area contributed by atoms with Crippen LogP contribution in [0.4, 0.5) is 11.5 Å². The van der Waals surface area contributed by atoms with Gasteiger partial charge >= 0.3 is 0 Å². The largest absolute Gasteiger partial charge is 0.311 e. The molecule has 1 heterocycles. The van der Waals surface area contributed by atoms with Crippen LogP contribution >= 0.6 is 11.6 Å². The van der Waals surface area contributed by atoms with Crippen molar-refractivity contribution in [3.8, 4) is 0 Å². The minimum atomic E-state index is -2.64. The fourth-order valence-corrected chi connectivity index (χ4v) is 1.39. The second kappa shape index (κ2) is 4.23. The summed E-state index contributed by atoms with van der Waals surface area (Å²) in [5.74, 6) is 4.52. The highest BCUT2D eigenvalue weighted by Gasteiger charge is 2.33. The first-order valence-electron chi connectivity index (χ1n) is 6.18. The summed E-state index contributed by atoms with van der Waals surface area (Å²) in [5.41, 5.74) is 2.21. The number of nitrogen functional groups attached to an aromatic ring is 1. The Morgan fingerprint density at radius 3 is 3.12 bits per heavy atom. The van der Waals surface area contributed by atoms with Gasteiger partial charge in [-0.2, -0.15) is 4.98 Å². The molecule has 0 spiro atoms. The molecule has 16 heavy (non-hydrogen) atoms. The third kappa shape index (κ3) is 2.07. The van der Waals surface area contributed by atoms with E-state index < -0.39 is 12.9 Å². The van der Waals surface area contributed by atoms with Gasteiger partial charge < -0.3 is 10.3 Å². The topological polar surface area (TPSA) is 84.1 Å². The number of anilines is 2. The van der Waals surface area contributed by atoms with Crippen LogP contribution in [-0.4, -0.2) is 22.9 Å². The van der Waals surface area contributed by atoms with Gasteiger partial charge in [0.1, 0.15) is 5.69 Å². The Hall–Kier alpha value is -1.40. The fourth-order valence-electron chi connectivity index (χ4n) is 1.26. The third-order valence-corrected chi connectivity index (χ3v) is 2.45. The van der Waals surface area contributed by atoms with Crippen molar-refractivity contribution in [2.24, 2.45) is 11.8 Å². The summed E-state index contributed by atoms with van der Waals surface area (Å²) in [6.07, 6.45) is 2.54. The Bertz CT molecular complexity index is 505.